The molecule has 0 saturated carbocycles. The second-order valence-corrected chi connectivity index (χ2v) is 26.5. The smallest absolute Gasteiger partial charge is 0.456 e. The van der Waals surface area contributed by atoms with Crippen LogP contribution < -0.4 is 5.32 Å². The van der Waals surface area contributed by atoms with Crippen molar-refractivity contribution in [3.8, 4) is 0 Å². The molecule has 10 heteroatoms. The number of allylic oxidation sites excluding steroid dienone is 19. The van der Waals surface area contributed by atoms with Gasteiger partial charge in [-0.1, -0.05) is 290 Å². The molecule has 500 valence electrons. The Hall–Kier alpha value is -3.59. The van der Waals surface area contributed by atoms with Crippen molar-refractivity contribution < 1.29 is 37.3 Å². The van der Waals surface area contributed by atoms with Gasteiger partial charge in [0, 0.05) is 12.8 Å². The number of phosphoric ester groups is 1. The van der Waals surface area contributed by atoms with Gasteiger partial charge in [-0.2, -0.15) is 0 Å². The molecule has 3 atom stereocenters. The zero-order valence-electron chi connectivity index (χ0n) is 57.2. The molecule has 0 aliphatic heterocycles. The summed E-state index contributed by atoms with van der Waals surface area (Å²) in [6.07, 6.45) is 92.1. The van der Waals surface area contributed by atoms with Crippen LogP contribution in [0, 0.1) is 0 Å². The van der Waals surface area contributed by atoms with Crippen molar-refractivity contribution in [3.63, 3.8) is 0 Å². The number of hydrogen-bond donors (Lipinski definition) is 2. The second kappa shape index (κ2) is 65.4. The zero-order chi connectivity index (χ0) is 63.5. The minimum atomic E-state index is -4.46. The van der Waals surface area contributed by atoms with Crippen LogP contribution in [0.3, 0.4) is 0 Å². The van der Waals surface area contributed by atoms with Gasteiger partial charge in [-0.05, 0) is 122 Å². The van der Waals surface area contributed by atoms with Crippen LogP contribution in [0.4, 0.5) is 0 Å². The first-order valence-electron chi connectivity index (χ1n) is 35.9. The number of amides is 1. The molecule has 0 aromatic rings. The normalized spacial score (nSPS) is 14.2. The molecule has 3 unspecified atom stereocenters. The molecule has 1 amide bonds. The molecule has 0 aliphatic rings. The van der Waals surface area contributed by atoms with Crippen molar-refractivity contribution in [1.29, 1.82) is 0 Å². The van der Waals surface area contributed by atoms with Gasteiger partial charge >= 0.3 is 13.8 Å². The first-order chi connectivity index (χ1) is 42.4. The number of quaternary nitrogens is 1. The minimum Gasteiger partial charge on any atom is -0.456 e. The number of carbonyl (C=O) groups excluding carboxylic acids is 2. The Morgan fingerprint density at radius 1 is 0.414 bits per heavy atom. The Balaban J connectivity index is 5.06. The highest BCUT2D eigenvalue weighted by Crippen LogP contribution is 2.43. The van der Waals surface area contributed by atoms with Crippen LogP contribution in [0.5, 0.6) is 0 Å². The Kier molecular flexibility index (Phi) is 62.7. The maximum absolute atomic E-state index is 13.6. The molecule has 0 fully saturated rings. The summed E-state index contributed by atoms with van der Waals surface area (Å²) in [5, 5.41) is 3.06. The van der Waals surface area contributed by atoms with Gasteiger partial charge in [0.15, 0.2) is 0 Å². The number of unbranched alkanes of at least 4 members (excludes halogenated alkanes) is 30. The van der Waals surface area contributed by atoms with E-state index in [-0.39, 0.29) is 31.5 Å². The molecule has 0 aliphatic carbocycles. The first kappa shape index (κ1) is 83.4. The molecule has 0 aromatic carbocycles. The second-order valence-electron chi connectivity index (χ2n) is 25.0. The van der Waals surface area contributed by atoms with Crippen LogP contribution in [0.15, 0.2) is 122 Å². The van der Waals surface area contributed by atoms with E-state index in [0.29, 0.717) is 17.4 Å². The van der Waals surface area contributed by atoms with Gasteiger partial charge < -0.3 is 19.4 Å². The zero-order valence-corrected chi connectivity index (χ0v) is 58.1. The summed E-state index contributed by atoms with van der Waals surface area (Å²) in [5.74, 6) is -0.521. The lowest BCUT2D eigenvalue weighted by molar-refractivity contribution is -0.870. The van der Waals surface area contributed by atoms with Gasteiger partial charge in [-0.15, -0.1) is 0 Å². The van der Waals surface area contributed by atoms with Crippen LogP contribution in [0.25, 0.3) is 0 Å². The summed E-state index contributed by atoms with van der Waals surface area (Å²) in [6, 6.07) is -0.863. The fourth-order valence-corrected chi connectivity index (χ4v) is 10.6. The summed E-state index contributed by atoms with van der Waals surface area (Å²) in [4.78, 5) is 37.9. The Morgan fingerprint density at radius 3 is 1.13 bits per heavy atom. The fraction of sp³-hybridized carbons (Fsp3) is 0.714. The third kappa shape index (κ3) is 66.7. The van der Waals surface area contributed by atoms with Crippen LogP contribution in [-0.4, -0.2) is 74.3 Å². The Morgan fingerprint density at radius 2 is 0.736 bits per heavy atom. The fourth-order valence-electron chi connectivity index (χ4n) is 9.89. The first-order valence-corrected chi connectivity index (χ1v) is 37.4. The van der Waals surface area contributed by atoms with E-state index in [4.69, 9.17) is 13.8 Å². The third-order valence-electron chi connectivity index (χ3n) is 15.4. The molecule has 0 rings (SSSR count). The third-order valence-corrected chi connectivity index (χ3v) is 16.4. The monoisotopic (exact) mass is 1230 g/mol. The van der Waals surface area contributed by atoms with Gasteiger partial charge in [0.05, 0.1) is 33.8 Å². The van der Waals surface area contributed by atoms with Crippen molar-refractivity contribution in [2.75, 3.05) is 40.9 Å². The molecular weight excluding hydrogens is 1100 g/mol. The lowest BCUT2D eigenvalue weighted by atomic mass is 10.0. The highest BCUT2D eigenvalue weighted by molar-refractivity contribution is 7.47. The number of likely N-dealkylation sites (N-methyl/N-ethyl adjacent to an activating group) is 1. The molecule has 87 heavy (non-hydrogen) atoms. The highest BCUT2D eigenvalue weighted by Gasteiger charge is 2.30. The Labute approximate surface area is 537 Å². The van der Waals surface area contributed by atoms with E-state index in [2.05, 4.69) is 135 Å². The molecule has 0 heterocycles. The summed E-state index contributed by atoms with van der Waals surface area (Å²) in [5.41, 5.74) is 0. The topological polar surface area (TPSA) is 111 Å². The van der Waals surface area contributed by atoms with Gasteiger partial charge in [0.2, 0.25) is 5.91 Å². The van der Waals surface area contributed by atoms with Crippen molar-refractivity contribution in [1.82, 2.24) is 5.32 Å². The maximum atomic E-state index is 13.6. The van der Waals surface area contributed by atoms with E-state index in [0.717, 1.165) is 135 Å². The average molecular weight is 1230 g/mol. The van der Waals surface area contributed by atoms with E-state index >= 15 is 0 Å². The SMILES string of the molecule is CC/C=C\C/C=C\C/C=C\C/C=C\C/C=C\CCCCCCCCCCCC(=O)OC(/C=C/CCCCCCCCCCC)C(COP(=O)(O)OCC[N+](C)(C)C)NC(=O)CCCCCCCCCCC/C=C\C/C=C\C/C=C\C/C=C\CCCCC. The lowest BCUT2D eigenvalue weighted by Gasteiger charge is -2.27. The van der Waals surface area contributed by atoms with Crippen molar-refractivity contribution >= 4 is 19.7 Å². The number of ether oxygens (including phenoxy) is 1. The molecule has 9 nitrogen and oxygen atoms in total. The van der Waals surface area contributed by atoms with E-state index in [1.165, 1.54) is 135 Å². The number of nitrogens with zero attached hydrogens (tertiary/aromatic N) is 1. The highest BCUT2D eigenvalue weighted by atomic mass is 31.2. The average Bonchev–Trinajstić information content (AvgIpc) is 3.70. The largest absolute Gasteiger partial charge is 0.472 e. The standard InChI is InChI=1S/C77H135N2O7P/c1-7-10-13-16-19-22-25-27-29-31-33-35-37-39-41-43-45-47-49-51-54-57-60-63-66-69-76(80)78-74(73-85-87(82,83)84-72-71-79(4,5)6)75(68-65-62-59-56-53-24-21-18-15-12-9-3)86-77(81)70-67-64-61-58-55-52-50-48-46-44-42-40-38-36-34-32-30-28-26-23-20-17-14-11-8-2/h11,14,19-20,22-23,27-30,33-36,39-42,65,68,74-75H,7-10,12-13,15-18,21,24-26,31-32,37-38,43-64,66-67,69-73H2,1-6H3,(H-,78,80,82,83)/p+1/b14-11-,22-19-,23-20-,29-27-,30-28-,35-33-,36-34-,41-39-,42-40-,68-65+. The van der Waals surface area contributed by atoms with E-state index in [1.54, 1.807) is 0 Å². The number of esters is 1. The minimum absolute atomic E-state index is 0.0323. The van der Waals surface area contributed by atoms with Crippen LogP contribution >= 0.6 is 7.82 Å². The number of hydrogen-bond acceptors (Lipinski definition) is 6. The number of nitrogens with one attached hydrogen (secondary N) is 1. The predicted octanol–water partition coefficient (Wildman–Crippen LogP) is 23.0. The van der Waals surface area contributed by atoms with Crippen LogP contribution in [0.2, 0.25) is 0 Å². The summed E-state index contributed by atoms with van der Waals surface area (Å²) < 4.78 is 30.8. The van der Waals surface area contributed by atoms with E-state index in [9.17, 15) is 19.0 Å². The molecule has 0 spiro atoms. The molecule has 0 radical (unpaired) electrons. The predicted molar refractivity (Wildman–Crippen MR) is 378 cm³/mol. The van der Waals surface area contributed by atoms with Crippen molar-refractivity contribution in [2.24, 2.45) is 0 Å². The molecule has 2 N–H and O–H groups in total. The van der Waals surface area contributed by atoms with Gasteiger partial charge in [0.25, 0.3) is 0 Å². The summed E-state index contributed by atoms with van der Waals surface area (Å²) >= 11 is 0. The molecule has 0 saturated heterocycles. The van der Waals surface area contributed by atoms with Crippen LogP contribution in [0.1, 0.15) is 303 Å². The number of rotatable bonds is 64. The van der Waals surface area contributed by atoms with Gasteiger partial charge in [0.1, 0.15) is 19.3 Å². The van der Waals surface area contributed by atoms with E-state index in [1.807, 2.05) is 33.3 Å². The summed E-state index contributed by atoms with van der Waals surface area (Å²) in [6.45, 7) is 6.87. The maximum Gasteiger partial charge on any atom is 0.472 e. The molecular formula is C77H136N2O7P+. The number of phosphoric acid groups is 1. The Bertz CT molecular complexity index is 1900. The van der Waals surface area contributed by atoms with E-state index < -0.39 is 20.0 Å². The molecule has 0 aromatic heterocycles. The van der Waals surface area contributed by atoms with Crippen molar-refractivity contribution in [3.05, 3.63) is 122 Å². The van der Waals surface area contributed by atoms with Gasteiger partial charge in [-0.25, -0.2) is 4.57 Å². The number of carbonyl (C=O) groups is 2. The summed E-state index contributed by atoms with van der Waals surface area (Å²) in [7, 11) is 1.48. The van der Waals surface area contributed by atoms with Crippen LogP contribution in [-0.2, 0) is 27.9 Å². The van der Waals surface area contributed by atoms with Gasteiger partial charge in [-0.3, -0.25) is 18.6 Å². The quantitative estimate of drug-likeness (QED) is 0.0205. The van der Waals surface area contributed by atoms with Crippen molar-refractivity contribution in [2.45, 2.75) is 315 Å². The lowest BCUT2D eigenvalue weighted by Crippen LogP contribution is -2.47. The molecule has 0 bridgehead atoms.